The van der Waals surface area contributed by atoms with Gasteiger partial charge in [-0.3, -0.25) is 0 Å². The molecule has 0 aliphatic carbocycles. The average molecular weight is 283 g/mol. The average Bonchev–Trinajstić information content (AvgIpc) is 2.84. The Hall–Kier alpha value is -2.29. The Bertz CT molecular complexity index is 776. The summed E-state index contributed by atoms with van der Waals surface area (Å²) in [6.45, 7) is 5.20. The zero-order chi connectivity index (χ0) is 14.8. The van der Waals surface area contributed by atoms with Crippen LogP contribution in [0.1, 0.15) is 18.2 Å². The Morgan fingerprint density at radius 1 is 1.10 bits per heavy atom. The molecule has 108 valence electrons. The summed E-state index contributed by atoms with van der Waals surface area (Å²) < 4.78 is 21.8. The molecule has 21 heavy (non-hydrogen) atoms. The molecule has 1 aromatic heterocycles. The van der Waals surface area contributed by atoms with E-state index in [-0.39, 0.29) is 5.82 Å². The van der Waals surface area contributed by atoms with Crippen molar-refractivity contribution in [2.75, 3.05) is 0 Å². The fourth-order valence-corrected chi connectivity index (χ4v) is 2.68. The maximum atomic E-state index is 14.0. The summed E-state index contributed by atoms with van der Waals surface area (Å²) in [5.41, 5.74) is 2.80. The molecule has 2 nitrogen and oxygen atoms in total. The number of nitrogens with zero attached hydrogens (tertiary/aromatic N) is 1. The third kappa shape index (κ3) is 2.64. The molecule has 0 saturated carbocycles. The molecule has 0 saturated heterocycles. The summed E-state index contributed by atoms with van der Waals surface area (Å²) in [6.07, 6.45) is 0. The Balaban J connectivity index is 1.92. The van der Waals surface area contributed by atoms with Crippen LogP contribution in [0, 0.1) is 12.7 Å². The van der Waals surface area contributed by atoms with Crippen molar-refractivity contribution >= 4 is 10.9 Å². The number of hydrogen-bond donors (Lipinski definition) is 0. The van der Waals surface area contributed by atoms with E-state index in [1.165, 1.54) is 6.07 Å². The molecule has 0 aliphatic heterocycles. The van der Waals surface area contributed by atoms with Crippen LogP contribution in [0.2, 0.25) is 0 Å². The van der Waals surface area contributed by atoms with Crippen molar-refractivity contribution in [2.45, 2.75) is 27.0 Å². The molecule has 0 amide bonds. The van der Waals surface area contributed by atoms with E-state index in [4.69, 9.17) is 4.74 Å². The number of aryl methyl sites for hydroxylation is 2. The third-order valence-corrected chi connectivity index (χ3v) is 3.65. The number of aromatic nitrogens is 1. The molecule has 0 radical (unpaired) electrons. The van der Waals surface area contributed by atoms with Gasteiger partial charge in [0.2, 0.25) is 0 Å². The van der Waals surface area contributed by atoms with Crippen molar-refractivity contribution in [3.8, 4) is 5.75 Å². The van der Waals surface area contributed by atoms with Crippen LogP contribution in [0.4, 0.5) is 4.39 Å². The van der Waals surface area contributed by atoms with E-state index < -0.39 is 0 Å². The van der Waals surface area contributed by atoms with Crippen molar-refractivity contribution in [3.05, 3.63) is 65.6 Å². The second-order valence-electron chi connectivity index (χ2n) is 5.16. The van der Waals surface area contributed by atoms with E-state index in [9.17, 15) is 4.39 Å². The standard InChI is InChI=1S/C18H18FNO/c1-3-20-15(11-14-7-5-9-17(19)18(14)20)12-21-16-8-4-6-13(2)10-16/h4-11H,3,12H2,1-2H3. The molecule has 0 bridgehead atoms. The minimum absolute atomic E-state index is 0.184. The molecule has 0 fully saturated rings. The van der Waals surface area contributed by atoms with Gasteiger partial charge in [-0.2, -0.15) is 0 Å². The maximum Gasteiger partial charge on any atom is 0.147 e. The zero-order valence-electron chi connectivity index (χ0n) is 12.3. The molecule has 0 atom stereocenters. The predicted molar refractivity (Wildman–Crippen MR) is 83.1 cm³/mol. The molecular weight excluding hydrogens is 265 g/mol. The van der Waals surface area contributed by atoms with Crippen molar-refractivity contribution < 1.29 is 9.13 Å². The number of ether oxygens (including phenoxy) is 1. The highest BCUT2D eigenvalue weighted by Crippen LogP contribution is 2.24. The van der Waals surface area contributed by atoms with Crippen LogP contribution < -0.4 is 4.74 Å². The summed E-state index contributed by atoms with van der Waals surface area (Å²) >= 11 is 0. The summed E-state index contributed by atoms with van der Waals surface area (Å²) in [6, 6.07) is 15.1. The van der Waals surface area contributed by atoms with Crippen molar-refractivity contribution in [1.82, 2.24) is 4.57 Å². The molecule has 2 aromatic carbocycles. The van der Waals surface area contributed by atoms with Crippen molar-refractivity contribution in [1.29, 1.82) is 0 Å². The van der Waals surface area contributed by atoms with Crippen LogP contribution in [0.5, 0.6) is 5.75 Å². The summed E-state index contributed by atoms with van der Waals surface area (Å²) in [4.78, 5) is 0. The van der Waals surface area contributed by atoms with E-state index >= 15 is 0 Å². The highest BCUT2D eigenvalue weighted by molar-refractivity contribution is 5.81. The van der Waals surface area contributed by atoms with Gasteiger partial charge in [-0.1, -0.05) is 24.3 Å². The molecule has 0 aliphatic rings. The zero-order valence-corrected chi connectivity index (χ0v) is 12.3. The van der Waals surface area contributed by atoms with Gasteiger partial charge < -0.3 is 9.30 Å². The highest BCUT2D eigenvalue weighted by atomic mass is 19.1. The van der Waals surface area contributed by atoms with E-state index in [1.807, 2.05) is 54.8 Å². The maximum absolute atomic E-state index is 14.0. The van der Waals surface area contributed by atoms with Gasteiger partial charge in [-0.05, 0) is 43.7 Å². The normalized spacial score (nSPS) is 11.0. The first kappa shape index (κ1) is 13.7. The van der Waals surface area contributed by atoms with E-state index in [1.54, 1.807) is 6.07 Å². The van der Waals surface area contributed by atoms with Crippen molar-refractivity contribution in [3.63, 3.8) is 0 Å². The van der Waals surface area contributed by atoms with Gasteiger partial charge in [0, 0.05) is 11.9 Å². The SMILES string of the molecule is CCn1c(COc2cccc(C)c2)cc2cccc(F)c21. The van der Waals surface area contributed by atoms with Crippen LogP contribution in [0.3, 0.4) is 0 Å². The smallest absolute Gasteiger partial charge is 0.147 e. The minimum atomic E-state index is -0.184. The quantitative estimate of drug-likeness (QED) is 0.677. The van der Waals surface area contributed by atoms with Crippen molar-refractivity contribution in [2.24, 2.45) is 0 Å². The Morgan fingerprint density at radius 2 is 1.90 bits per heavy atom. The van der Waals surface area contributed by atoms with Gasteiger partial charge in [0.15, 0.2) is 0 Å². The number of benzene rings is 2. The number of halogens is 1. The van der Waals surface area contributed by atoms with Gasteiger partial charge in [0.05, 0.1) is 11.2 Å². The molecular formula is C18H18FNO. The lowest BCUT2D eigenvalue weighted by atomic mass is 10.2. The van der Waals surface area contributed by atoms with E-state index in [0.29, 0.717) is 12.1 Å². The Kier molecular flexibility index (Phi) is 3.65. The first-order chi connectivity index (χ1) is 10.2. The van der Waals surface area contributed by atoms with Crippen LogP contribution in [0.15, 0.2) is 48.5 Å². The van der Waals surface area contributed by atoms with Gasteiger partial charge in [0.1, 0.15) is 18.2 Å². The van der Waals surface area contributed by atoms with Crippen LogP contribution in [-0.4, -0.2) is 4.57 Å². The highest BCUT2D eigenvalue weighted by Gasteiger charge is 2.11. The molecule has 0 N–H and O–H groups in total. The predicted octanol–water partition coefficient (Wildman–Crippen LogP) is 4.69. The lowest BCUT2D eigenvalue weighted by Gasteiger charge is -2.10. The van der Waals surface area contributed by atoms with Gasteiger partial charge in [-0.15, -0.1) is 0 Å². The van der Waals surface area contributed by atoms with E-state index in [0.717, 1.165) is 28.9 Å². The Morgan fingerprint density at radius 3 is 2.67 bits per heavy atom. The first-order valence-corrected chi connectivity index (χ1v) is 7.15. The Labute approximate surface area is 123 Å². The second-order valence-corrected chi connectivity index (χ2v) is 5.16. The monoisotopic (exact) mass is 283 g/mol. The van der Waals surface area contributed by atoms with Gasteiger partial charge in [-0.25, -0.2) is 4.39 Å². The lowest BCUT2D eigenvalue weighted by Crippen LogP contribution is -2.05. The van der Waals surface area contributed by atoms with Gasteiger partial charge in [0.25, 0.3) is 0 Å². The van der Waals surface area contributed by atoms with Crippen LogP contribution >= 0.6 is 0 Å². The summed E-state index contributed by atoms with van der Waals surface area (Å²) in [5, 5.41) is 0.916. The largest absolute Gasteiger partial charge is 0.487 e. The van der Waals surface area contributed by atoms with E-state index in [2.05, 4.69) is 0 Å². The first-order valence-electron chi connectivity index (χ1n) is 7.15. The molecule has 0 unspecified atom stereocenters. The minimum Gasteiger partial charge on any atom is -0.487 e. The lowest BCUT2D eigenvalue weighted by molar-refractivity contribution is 0.296. The molecule has 3 rings (SSSR count). The summed E-state index contributed by atoms with van der Waals surface area (Å²) in [7, 11) is 0. The third-order valence-electron chi connectivity index (χ3n) is 3.65. The fourth-order valence-electron chi connectivity index (χ4n) is 2.68. The molecule has 3 heteroatoms. The second kappa shape index (κ2) is 5.60. The number of para-hydroxylation sites is 1. The van der Waals surface area contributed by atoms with Crippen LogP contribution in [-0.2, 0) is 13.2 Å². The molecule has 0 spiro atoms. The van der Waals surface area contributed by atoms with Gasteiger partial charge >= 0.3 is 0 Å². The number of rotatable bonds is 4. The topological polar surface area (TPSA) is 14.2 Å². The van der Waals surface area contributed by atoms with Crippen LogP contribution in [0.25, 0.3) is 10.9 Å². The number of fused-ring (bicyclic) bond motifs is 1. The summed E-state index contributed by atoms with van der Waals surface area (Å²) in [5.74, 6) is 0.652. The molecule has 3 aromatic rings. The fraction of sp³-hybridized carbons (Fsp3) is 0.222. The number of hydrogen-bond acceptors (Lipinski definition) is 1. The molecule has 1 heterocycles.